The van der Waals surface area contributed by atoms with Gasteiger partial charge in [0.1, 0.15) is 5.60 Å². The smallest absolute Gasteiger partial charge is 0.408 e. The molecule has 3 N–H and O–H groups in total. The number of alkyl carbamates (subject to hydrolysis) is 1. The Morgan fingerprint density at radius 2 is 1.74 bits per heavy atom. The van der Waals surface area contributed by atoms with E-state index in [0.29, 0.717) is 32.0 Å². The van der Waals surface area contributed by atoms with Crippen molar-refractivity contribution in [3.63, 3.8) is 0 Å². The number of aliphatic imine (C=N–C) groups is 1. The molecule has 10 heteroatoms. The maximum absolute atomic E-state index is 11.9. The molecule has 0 aromatic carbocycles. The van der Waals surface area contributed by atoms with E-state index in [0.717, 1.165) is 0 Å². The highest BCUT2D eigenvalue weighted by Crippen LogP contribution is 2.09. The van der Waals surface area contributed by atoms with E-state index in [1.54, 1.807) is 21.0 Å². The third-order valence-electron chi connectivity index (χ3n) is 3.54. The molecular formula is C17H37N5O4S. The van der Waals surface area contributed by atoms with Crippen LogP contribution in [0.5, 0.6) is 0 Å². The molecule has 0 spiro atoms. The van der Waals surface area contributed by atoms with Gasteiger partial charge in [0.25, 0.3) is 0 Å². The molecule has 0 heterocycles. The fourth-order valence-electron chi connectivity index (χ4n) is 2.02. The number of carbonyl (C=O) groups excluding carboxylic acids is 1. The van der Waals surface area contributed by atoms with Crippen molar-refractivity contribution in [1.82, 2.24) is 20.3 Å². The molecule has 0 fully saturated rings. The Balaban J connectivity index is 4.32. The van der Waals surface area contributed by atoms with Crippen LogP contribution in [0, 0.1) is 0 Å². The van der Waals surface area contributed by atoms with Gasteiger partial charge in [0.15, 0.2) is 5.96 Å². The summed E-state index contributed by atoms with van der Waals surface area (Å²) >= 11 is 0. The molecule has 0 aliphatic heterocycles. The van der Waals surface area contributed by atoms with Gasteiger partial charge < -0.3 is 20.7 Å². The minimum atomic E-state index is -3.15. The van der Waals surface area contributed by atoms with Gasteiger partial charge >= 0.3 is 6.09 Å². The van der Waals surface area contributed by atoms with Crippen molar-refractivity contribution in [3.05, 3.63) is 0 Å². The Hall–Kier alpha value is -1.55. The topological polar surface area (TPSA) is 112 Å². The lowest BCUT2D eigenvalue weighted by Crippen LogP contribution is -2.54. The monoisotopic (exact) mass is 407 g/mol. The van der Waals surface area contributed by atoms with Crippen molar-refractivity contribution < 1.29 is 17.9 Å². The fourth-order valence-corrected chi connectivity index (χ4v) is 2.87. The van der Waals surface area contributed by atoms with Crippen LogP contribution in [0.15, 0.2) is 4.99 Å². The molecule has 0 saturated heterocycles. The largest absolute Gasteiger partial charge is 0.444 e. The summed E-state index contributed by atoms with van der Waals surface area (Å²) < 4.78 is 30.0. The summed E-state index contributed by atoms with van der Waals surface area (Å²) in [4.78, 5) is 16.0. The summed E-state index contributed by atoms with van der Waals surface area (Å²) in [5, 5.41) is 9.09. The highest BCUT2D eigenvalue weighted by atomic mass is 32.2. The minimum absolute atomic E-state index is 0.0971. The Kier molecular flexibility index (Phi) is 10.1. The van der Waals surface area contributed by atoms with Crippen LogP contribution in [0.2, 0.25) is 0 Å². The van der Waals surface area contributed by atoms with Crippen LogP contribution in [-0.4, -0.2) is 75.4 Å². The number of ether oxygens (including phenoxy) is 1. The third kappa shape index (κ3) is 11.7. The predicted molar refractivity (Wildman–Crippen MR) is 110 cm³/mol. The van der Waals surface area contributed by atoms with Gasteiger partial charge in [-0.2, -0.15) is 0 Å². The van der Waals surface area contributed by atoms with Crippen molar-refractivity contribution in [2.45, 2.75) is 59.1 Å². The van der Waals surface area contributed by atoms with Gasteiger partial charge in [-0.25, -0.2) is 17.5 Å². The van der Waals surface area contributed by atoms with E-state index >= 15 is 0 Å². The number of amides is 1. The van der Waals surface area contributed by atoms with Crippen molar-refractivity contribution in [2.24, 2.45) is 4.99 Å². The number of sulfonamides is 1. The normalized spacial score (nSPS) is 13.4. The molecule has 160 valence electrons. The van der Waals surface area contributed by atoms with Crippen LogP contribution in [0.4, 0.5) is 4.79 Å². The molecule has 9 nitrogen and oxygen atoms in total. The first-order valence-corrected chi connectivity index (χ1v) is 10.7. The summed E-state index contributed by atoms with van der Waals surface area (Å²) in [6.07, 6.45) is 0.174. The first-order valence-electron chi connectivity index (χ1n) is 9.12. The number of carbonyl (C=O) groups is 1. The molecular weight excluding hydrogens is 370 g/mol. The van der Waals surface area contributed by atoms with Crippen LogP contribution in [0.25, 0.3) is 0 Å². The summed E-state index contributed by atoms with van der Waals surface area (Å²) in [5.41, 5.74) is -1.10. The van der Waals surface area contributed by atoms with E-state index in [9.17, 15) is 13.2 Å². The van der Waals surface area contributed by atoms with Gasteiger partial charge in [-0.3, -0.25) is 4.99 Å². The molecule has 0 saturated carbocycles. The fraction of sp³-hybridized carbons (Fsp3) is 0.882. The Labute approximate surface area is 164 Å². The molecule has 0 radical (unpaired) electrons. The van der Waals surface area contributed by atoms with Gasteiger partial charge in [0.05, 0.1) is 11.3 Å². The van der Waals surface area contributed by atoms with E-state index in [1.807, 2.05) is 34.6 Å². The maximum atomic E-state index is 11.9. The molecule has 0 bridgehead atoms. The predicted octanol–water partition coefficient (Wildman–Crippen LogP) is 1.13. The van der Waals surface area contributed by atoms with Gasteiger partial charge in [-0.05, 0) is 48.0 Å². The zero-order valence-electron chi connectivity index (χ0n) is 18.0. The second-order valence-corrected chi connectivity index (χ2v) is 10.3. The van der Waals surface area contributed by atoms with Crippen LogP contribution >= 0.6 is 0 Å². The summed E-state index contributed by atoms with van der Waals surface area (Å²) in [5.74, 6) is 0.676. The maximum Gasteiger partial charge on any atom is 0.408 e. The molecule has 1 amide bonds. The molecule has 0 atom stereocenters. The van der Waals surface area contributed by atoms with Crippen LogP contribution < -0.4 is 16.0 Å². The second kappa shape index (κ2) is 10.7. The number of nitrogens with zero attached hydrogens (tertiary/aromatic N) is 2. The van der Waals surface area contributed by atoms with Crippen molar-refractivity contribution in [3.8, 4) is 0 Å². The molecule has 0 aliphatic carbocycles. The van der Waals surface area contributed by atoms with Crippen molar-refractivity contribution in [2.75, 3.05) is 39.5 Å². The zero-order valence-corrected chi connectivity index (χ0v) is 18.8. The first-order chi connectivity index (χ1) is 12.2. The van der Waals surface area contributed by atoms with E-state index in [1.165, 1.54) is 4.31 Å². The van der Waals surface area contributed by atoms with E-state index < -0.39 is 27.3 Å². The Bertz CT molecular complexity index is 597. The minimum Gasteiger partial charge on any atom is -0.444 e. The molecule has 27 heavy (non-hydrogen) atoms. The second-order valence-electron chi connectivity index (χ2n) is 7.94. The van der Waals surface area contributed by atoms with Gasteiger partial charge in [-0.15, -0.1) is 0 Å². The van der Waals surface area contributed by atoms with Crippen molar-refractivity contribution >= 4 is 22.1 Å². The van der Waals surface area contributed by atoms with E-state index in [2.05, 4.69) is 20.9 Å². The SMILES string of the molecule is CCS(=O)(=O)N(C)CCCNC(=NC)NCC(C)(C)NC(=O)OC(C)(C)C. The highest BCUT2D eigenvalue weighted by Gasteiger charge is 2.24. The number of nitrogens with one attached hydrogen (secondary N) is 3. The molecule has 0 aliphatic rings. The molecule has 0 rings (SSSR count). The zero-order chi connectivity index (χ0) is 21.3. The average molecular weight is 408 g/mol. The standard InChI is InChI=1S/C17H37N5O4S/c1-9-27(24,25)22(8)12-10-11-19-14(18-7)20-13-17(5,6)21-15(23)26-16(2,3)4/h9-13H2,1-8H3,(H,21,23)(H2,18,19,20). The first kappa shape index (κ1) is 25.4. The molecule has 0 unspecified atom stereocenters. The lowest BCUT2D eigenvalue weighted by atomic mass is 10.1. The molecule has 0 aromatic rings. The summed E-state index contributed by atoms with van der Waals surface area (Å²) in [7, 11) is 0.0791. The van der Waals surface area contributed by atoms with Crippen LogP contribution in [0.3, 0.4) is 0 Å². The van der Waals surface area contributed by atoms with E-state index in [-0.39, 0.29) is 5.75 Å². The summed E-state index contributed by atoms with van der Waals surface area (Å²) in [6.45, 7) is 12.3. The number of rotatable bonds is 9. The van der Waals surface area contributed by atoms with Crippen molar-refractivity contribution in [1.29, 1.82) is 0 Å². The third-order valence-corrected chi connectivity index (χ3v) is 5.40. The van der Waals surface area contributed by atoms with Gasteiger partial charge in [-0.1, -0.05) is 0 Å². The van der Waals surface area contributed by atoms with Crippen LogP contribution in [0.1, 0.15) is 48.0 Å². The van der Waals surface area contributed by atoms with Gasteiger partial charge in [0.2, 0.25) is 10.0 Å². The number of hydrogen-bond donors (Lipinski definition) is 3. The van der Waals surface area contributed by atoms with Crippen LogP contribution in [-0.2, 0) is 14.8 Å². The molecule has 0 aromatic heterocycles. The number of hydrogen-bond acceptors (Lipinski definition) is 5. The highest BCUT2D eigenvalue weighted by molar-refractivity contribution is 7.89. The van der Waals surface area contributed by atoms with E-state index in [4.69, 9.17) is 4.74 Å². The Morgan fingerprint density at radius 3 is 2.22 bits per heavy atom. The lowest BCUT2D eigenvalue weighted by Gasteiger charge is -2.29. The Morgan fingerprint density at radius 1 is 1.15 bits per heavy atom. The quantitative estimate of drug-likeness (QED) is 0.300. The number of guanidine groups is 1. The lowest BCUT2D eigenvalue weighted by molar-refractivity contribution is 0.0474. The summed E-state index contributed by atoms with van der Waals surface area (Å²) in [6, 6.07) is 0. The average Bonchev–Trinajstić information content (AvgIpc) is 2.51. The van der Waals surface area contributed by atoms with Gasteiger partial charge in [0, 0.05) is 33.7 Å².